The molecule has 1 rings (SSSR count). The van der Waals surface area contributed by atoms with Crippen LogP contribution in [0.15, 0.2) is 0 Å². The van der Waals surface area contributed by atoms with Crippen LogP contribution in [0.4, 0.5) is 0 Å². The molecule has 0 radical (unpaired) electrons. The first kappa shape index (κ1) is 16.9. The molecule has 0 saturated carbocycles. The average molecular weight is 270 g/mol. The van der Waals surface area contributed by atoms with Crippen LogP contribution in [-0.4, -0.2) is 48.8 Å². The summed E-state index contributed by atoms with van der Waals surface area (Å²) in [7, 11) is 0. The molecule has 19 heavy (non-hydrogen) atoms. The second-order valence-corrected chi connectivity index (χ2v) is 7.52. The van der Waals surface area contributed by atoms with Crippen LogP contribution >= 0.6 is 0 Å². The molecule has 0 amide bonds. The Balaban J connectivity index is 2.63. The summed E-state index contributed by atoms with van der Waals surface area (Å²) in [5, 5.41) is 3.75. The molecule has 0 aliphatic carbocycles. The van der Waals surface area contributed by atoms with E-state index in [-0.39, 0.29) is 5.54 Å². The fourth-order valence-electron chi connectivity index (χ4n) is 2.65. The van der Waals surface area contributed by atoms with Gasteiger partial charge in [-0.2, -0.15) is 0 Å². The zero-order chi connectivity index (χ0) is 14.7. The number of piperazine rings is 1. The second-order valence-electron chi connectivity index (χ2n) is 7.52. The van der Waals surface area contributed by atoms with Crippen molar-refractivity contribution in [3.05, 3.63) is 0 Å². The van der Waals surface area contributed by atoms with E-state index >= 15 is 0 Å². The topological polar surface area (TPSA) is 24.5 Å². The van der Waals surface area contributed by atoms with Crippen molar-refractivity contribution in [1.29, 1.82) is 0 Å². The van der Waals surface area contributed by atoms with Gasteiger partial charge in [0.05, 0.1) is 12.7 Å². The molecule has 1 fully saturated rings. The van der Waals surface area contributed by atoms with E-state index in [4.69, 9.17) is 4.74 Å². The molecule has 1 N–H and O–H groups in total. The Labute approximate surface area is 120 Å². The number of hydrogen-bond donors (Lipinski definition) is 1. The molecular weight excluding hydrogens is 236 g/mol. The Hall–Kier alpha value is -0.120. The molecule has 2 atom stereocenters. The minimum atomic E-state index is 0.266. The maximum absolute atomic E-state index is 5.74. The van der Waals surface area contributed by atoms with Crippen LogP contribution in [0.2, 0.25) is 0 Å². The lowest BCUT2D eigenvalue weighted by molar-refractivity contribution is -0.0117. The number of hydrogen-bond acceptors (Lipinski definition) is 3. The molecule has 114 valence electrons. The minimum absolute atomic E-state index is 0.266. The Morgan fingerprint density at radius 2 is 2.00 bits per heavy atom. The predicted molar refractivity (Wildman–Crippen MR) is 82.6 cm³/mol. The van der Waals surface area contributed by atoms with Crippen LogP contribution in [0.3, 0.4) is 0 Å². The van der Waals surface area contributed by atoms with E-state index in [0.29, 0.717) is 17.6 Å². The van der Waals surface area contributed by atoms with Gasteiger partial charge in [0.1, 0.15) is 0 Å². The number of nitrogens with one attached hydrogen (secondary N) is 1. The van der Waals surface area contributed by atoms with Crippen LogP contribution in [-0.2, 0) is 4.74 Å². The van der Waals surface area contributed by atoms with Crippen LogP contribution in [0.5, 0.6) is 0 Å². The second kappa shape index (κ2) is 6.55. The van der Waals surface area contributed by atoms with Crippen molar-refractivity contribution >= 4 is 0 Å². The number of nitrogens with zero attached hydrogens (tertiary/aromatic N) is 1. The van der Waals surface area contributed by atoms with Gasteiger partial charge in [-0.15, -0.1) is 0 Å². The molecule has 0 aromatic heterocycles. The van der Waals surface area contributed by atoms with Crippen molar-refractivity contribution in [2.75, 3.05) is 26.2 Å². The maximum atomic E-state index is 5.74. The summed E-state index contributed by atoms with van der Waals surface area (Å²) in [5.74, 6) is 0. The number of ether oxygens (including phenoxy) is 1. The molecule has 1 saturated heterocycles. The molecule has 0 spiro atoms. The highest BCUT2D eigenvalue weighted by atomic mass is 16.5. The largest absolute Gasteiger partial charge is 0.377 e. The Morgan fingerprint density at radius 3 is 2.47 bits per heavy atom. The first-order valence-electron chi connectivity index (χ1n) is 7.79. The van der Waals surface area contributed by atoms with Crippen molar-refractivity contribution in [2.45, 2.75) is 72.6 Å². The lowest BCUT2D eigenvalue weighted by atomic mass is 9.81. The van der Waals surface area contributed by atoms with E-state index in [1.165, 1.54) is 6.42 Å². The summed E-state index contributed by atoms with van der Waals surface area (Å²) < 4.78 is 5.74. The predicted octanol–water partition coefficient (Wildman–Crippen LogP) is 2.90. The third kappa shape index (κ3) is 4.73. The summed E-state index contributed by atoms with van der Waals surface area (Å²) in [6.07, 6.45) is 1.51. The van der Waals surface area contributed by atoms with E-state index in [2.05, 4.69) is 58.7 Å². The summed E-state index contributed by atoms with van der Waals surface area (Å²) in [6, 6.07) is 0.561. The first-order valence-corrected chi connectivity index (χ1v) is 7.79. The number of rotatable bonds is 5. The molecule has 0 bridgehead atoms. The standard InChI is InChI=1S/C16H34N2O/c1-8-16(7)12-17-14(15(4,5)6)11-18(16)9-10-19-13(2)3/h13-14,17H,8-12H2,1-7H3. The van der Waals surface area contributed by atoms with Crippen LogP contribution < -0.4 is 5.32 Å². The SMILES string of the molecule is CCC1(C)CNC(C(C)(C)C)CN1CCOC(C)C. The van der Waals surface area contributed by atoms with Gasteiger partial charge in [-0.05, 0) is 32.6 Å². The van der Waals surface area contributed by atoms with Gasteiger partial charge in [0.25, 0.3) is 0 Å². The van der Waals surface area contributed by atoms with Gasteiger partial charge in [0.15, 0.2) is 0 Å². The van der Waals surface area contributed by atoms with Gasteiger partial charge in [0, 0.05) is 31.2 Å². The zero-order valence-electron chi connectivity index (χ0n) is 14.0. The van der Waals surface area contributed by atoms with E-state index in [1.54, 1.807) is 0 Å². The summed E-state index contributed by atoms with van der Waals surface area (Å²) in [5.41, 5.74) is 0.578. The lowest BCUT2D eigenvalue weighted by Crippen LogP contribution is -2.66. The van der Waals surface area contributed by atoms with Crippen molar-refractivity contribution in [3.8, 4) is 0 Å². The highest BCUT2D eigenvalue weighted by Gasteiger charge is 2.39. The molecule has 1 aliphatic heterocycles. The summed E-state index contributed by atoms with van der Waals surface area (Å²) in [4.78, 5) is 2.63. The molecular formula is C16H34N2O. The fraction of sp³-hybridized carbons (Fsp3) is 1.00. The van der Waals surface area contributed by atoms with Crippen LogP contribution in [0.1, 0.15) is 54.9 Å². The van der Waals surface area contributed by atoms with Gasteiger partial charge < -0.3 is 10.1 Å². The van der Waals surface area contributed by atoms with Crippen molar-refractivity contribution in [3.63, 3.8) is 0 Å². The molecule has 2 unspecified atom stereocenters. The van der Waals surface area contributed by atoms with Gasteiger partial charge in [-0.1, -0.05) is 27.7 Å². The van der Waals surface area contributed by atoms with E-state index in [0.717, 1.165) is 26.2 Å². The minimum Gasteiger partial charge on any atom is -0.377 e. The quantitative estimate of drug-likeness (QED) is 0.831. The van der Waals surface area contributed by atoms with Crippen molar-refractivity contribution < 1.29 is 4.74 Å². The first-order chi connectivity index (χ1) is 8.69. The van der Waals surface area contributed by atoms with Gasteiger partial charge in [-0.3, -0.25) is 4.90 Å². The zero-order valence-corrected chi connectivity index (χ0v) is 14.0. The summed E-state index contributed by atoms with van der Waals surface area (Å²) >= 11 is 0. The van der Waals surface area contributed by atoms with Crippen molar-refractivity contribution in [2.24, 2.45) is 5.41 Å². The van der Waals surface area contributed by atoms with E-state index in [9.17, 15) is 0 Å². The third-order valence-electron chi connectivity index (χ3n) is 4.52. The Bertz CT molecular complexity index is 272. The molecule has 0 aromatic carbocycles. The van der Waals surface area contributed by atoms with Crippen LogP contribution in [0, 0.1) is 5.41 Å². The fourth-order valence-corrected chi connectivity index (χ4v) is 2.65. The van der Waals surface area contributed by atoms with Crippen molar-refractivity contribution in [1.82, 2.24) is 10.2 Å². The average Bonchev–Trinajstić information content (AvgIpc) is 2.29. The van der Waals surface area contributed by atoms with E-state index in [1.807, 2.05) is 0 Å². The normalized spacial score (nSPS) is 30.0. The van der Waals surface area contributed by atoms with E-state index < -0.39 is 0 Å². The molecule has 3 heteroatoms. The smallest absolute Gasteiger partial charge is 0.0597 e. The molecule has 1 aliphatic rings. The summed E-state index contributed by atoms with van der Waals surface area (Å²) in [6.45, 7) is 19.9. The highest BCUT2D eigenvalue weighted by molar-refractivity contribution is 4.98. The lowest BCUT2D eigenvalue weighted by Gasteiger charge is -2.51. The van der Waals surface area contributed by atoms with Gasteiger partial charge in [-0.25, -0.2) is 0 Å². The Morgan fingerprint density at radius 1 is 1.37 bits per heavy atom. The molecule has 1 heterocycles. The molecule has 3 nitrogen and oxygen atoms in total. The third-order valence-corrected chi connectivity index (χ3v) is 4.52. The monoisotopic (exact) mass is 270 g/mol. The highest BCUT2D eigenvalue weighted by Crippen LogP contribution is 2.29. The van der Waals surface area contributed by atoms with Gasteiger partial charge in [0.2, 0.25) is 0 Å². The van der Waals surface area contributed by atoms with Crippen LogP contribution in [0.25, 0.3) is 0 Å². The Kier molecular flexibility index (Phi) is 5.84. The molecule has 0 aromatic rings. The van der Waals surface area contributed by atoms with Gasteiger partial charge >= 0.3 is 0 Å². The maximum Gasteiger partial charge on any atom is 0.0597 e.